The number of ether oxygens (including phenoxy) is 2. The first-order valence-electron chi connectivity index (χ1n) is 7.93. The van der Waals surface area contributed by atoms with Gasteiger partial charge in [-0.3, -0.25) is 10.1 Å². The Labute approximate surface area is 145 Å². The third-order valence-corrected chi connectivity index (χ3v) is 4.44. The first kappa shape index (κ1) is 16.8. The van der Waals surface area contributed by atoms with Crippen molar-refractivity contribution >= 4 is 10.9 Å². The van der Waals surface area contributed by atoms with E-state index in [-0.39, 0.29) is 11.5 Å². The van der Waals surface area contributed by atoms with Crippen molar-refractivity contribution in [3.8, 4) is 11.5 Å². The molecular formula is C19H20N2O4. The average molecular weight is 340 g/mol. The maximum absolute atomic E-state index is 11.4. The second-order valence-electron chi connectivity index (χ2n) is 5.86. The maximum atomic E-state index is 11.4. The zero-order chi connectivity index (χ0) is 18.0. The Balaban J connectivity index is 2.24. The van der Waals surface area contributed by atoms with Crippen LogP contribution >= 0.6 is 0 Å². The molecule has 1 aromatic heterocycles. The molecule has 2 aromatic carbocycles. The first-order valence-corrected chi connectivity index (χ1v) is 7.93. The highest BCUT2D eigenvalue weighted by atomic mass is 16.6. The van der Waals surface area contributed by atoms with E-state index in [4.69, 9.17) is 9.47 Å². The van der Waals surface area contributed by atoms with Gasteiger partial charge in [-0.1, -0.05) is 30.3 Å². The predicted octanol–water partition coefficient (Wildman–Crippen LogP) is 3.60. The molecule has 0 fully saturated rings. The number of rotatable bonds is 6. The Hall–Kier alpha value is -3.02. The molecule has 0 bridgehead atoms. The molecule has 6 heteroatoms. The Kier molecular flexibility index (Phi) is 4.61. The number of hydrogen-bond donors (Lipinski definition) is 0. The molecule has 0 spiro atoms. The van der Waals surface area contributed by atoms with E-state index in [0.29, 0.717) is 11.5 Å². The Morgan fingerprint density at radius 2 is 1.84 bits per heavy atom. The van der Waals surface area contributed by atoms with Crippen LogP contribution in [0.2, 0.25) is 0 Å². The Morgan fingerprint density at radius 1 is 1.08 bits per heavy atom. The average Bonchev–Trinajstić information content (AvgIpc) is 2.96. The fourth-order valence-electron chi connectivity index (χ4n) is 3.35. The van der Waals surface area contributed by atoms with Gasteiger partial charge in [0.15, 0.2) is 11.5 Å². The van der Waals surface area contributed by atoms with Crippen LogP contribution in [0.25, 0.3) is 10.9 Å². The van der Waals surface area contributed by atoms with Gasteiger partial charge in [0.05, 0.1) is 20.1 Å². The lowest BCUT2D eigenvalue weighted by Crippen LogP contribution is -2.15. The Bertz CT molecular complexity index is 917. The van der Waals surface area contributed by atoms with Crippen LogP contribution < -0.4 is 9.47 Å². The minimum atomic E-state index is -0.439. The molecule has 0 saturated carbocycles. The van der Waals surface area contributed by atoms with Gasteiger partial charge < -0.3 is 14.0 Å². The number of nitro groups is 1. The minimum absolute atomic E-state index is 0.225. The lowest BCUT2D eigenvalue weighted by Gasteiger charge is -2.18. The lowest BCUT2D eigenvalue weighted by molar-refractivity contribution is -0.481. The molecule has 0 aliphatic rings. The van der Waals surface area contributed by atoms with Gasteiger partial charge in [-0.15, -0.1) is 0 Å². The quantitative estimate of drug-likeness (QED) is 0.508. The highest BCUT2D eigenvalue weighted by Gasteiger charge is 2.28. The third-order valence-electron chi connectivity index (χ3n) is 4.44. The molecule has 1 heterocycles. The van der Waals surface area contributed by atoms with Crippen LogP contribution in [-0.2, 0) is 7.05 Å². The van der Waals surface area contributed by atoms with Gasteiger partial charge in [-0.05, 0) is 17.7 Å². The van der Waals surface area contributed by atoms with Gasteiger partial charge in [0.2, 0.25) is 6.54 Å². The van der Waals surface area contributed by atoms with Crippen molar-refractivity contribution in [3.63, 3.8) is 0 Å². The maximum Gasteiger partial charge on any atom is 0.214 e. The van der Waals surface area contributed by atoms with Crippen LogP contribution in [0.15, 0.2) is 48.7 Å². The molecular weight excluding hydrogens is 320 g/mol. The summed E-state index contributed by atoms with van der Waals surface area (Å²) in [7, 11) is 5.05. The summed E-state index contributed by atoms with van der Waals surface area (Å²) >= 11 is 0. The van der Waals surface area contributed by atoms with Crippen LogP contribution in [0.5, 0.6) is 11.5 Å². The van der Waals surface area contributed by atoms with E-state index < -0.39 is 5.92 Å². The number of nitrogens with zero attached hydrogens (tertiary/aromatic N) is 2. The van der Waals surface area contributed by atoms with Gasteiger partial charge >= 0.3 is 0 Å². The molecule has 6 nitrogen and oxygen atoms in total. The van der Waals surface area contributed by atoms with Crippen LogP contribution in [0.4, 0.5) is 0 Å². The zero-order valence-electron chi connectivity index (χ0n) is 14.4. The number of fused-ring (bicyclic) bond motifs is 1. The van der Waals surface area contributed by atoms with Crippen molar-refractivity contribution in [2.24, 2.45) is 7.05 Å². The molecule has 3 rings (SSSR count). The third kappa shape index (κ3) is 3.03. The summed E-state index contributed by atoms with van der Waals surface area (Å²) in [5.74, 6) is 0.657. The van der Waals surface area contributed by atoms with Crippen LogP contribution in [0.1, 0.15) is 17.0 Å². The van der Waals surface area contributed by atoms with Crippen LogP contribution in [0, 0.1) is 10.1 Å². The number of para-hydroxylation sites is 2. The van der Waals surface area contributed by atoms with E-state index in [9.17, 15) is 10.1 Å². The zero-order valence-corrected chi connectivity index (χ0v) is 14.4. The summed E-state index contributed by atoms with van der Waals surface area (Å²) in [5.41, 5.74) is 2.68. The van der Waals surface area contributed by atoms with Crippen LogP contribution in [-0.4, -0.2) is 30.3 Å². The number of benzene rings is 2. The molecule has 0 radical (unpaired) electrons. The molecule has 0 N–H and O–H groups in total. The van der Waals surface area contributed by atoms with Crippen molar-refractivity contribution in [3.05, 3.63) is 69.9 Å². The van der Waals surface area contributed by atoms with E-state index in [1.165, 1.54) is 0 Å². The summed E-state index contributed by atoms with van der Waals surface area (Å²) < 4.78 is 12.9. The topological polar surface area (TPSA) is 66.5 Å². The molecule has 0 saturated heterocycles. The SMILES string of the molecule is COc1cccc(C(C[N+](=O)[O-])c2cn(C)c3ccccc23)c1OC. The fraction of sp³-hybridized carbons (Fsp3) is 0.263. The van der Waals surface area contributed by atoms with Crippen molar-refractivity contribution in [1.29, 1.82) is 0 Å². The van der Waals surface area contributed by atoms with E-state index in [1.807, 2.05) is 54.2 Å². The first-order chi connectivity index (χ1) is 12.1. The van der Waals surface area contributed by atoms with Gasteiger partial charge in [-0.25, -0.2) is 0 Å². The van der Waals surface area contributed by atoms with Crippen LogP contribution in [0.3, 0.4) is 0 Å². The summed E-state index contributed by atoms with van der Waals surface area (Å²) in [6.45, 7) is -0.225. The van der Waals surface area contributed by atoms with E-state index in [2.05, 4.69) is 0 Å². The van der Waals surface area contributed by atoms with Gasteiger partial charge in [0, 0.05) is 34.6 Å². The molecule has 1 unspecified atom stereocenters. The summed E-state index contributed by atoms with van der Waals surface area (Å²) in [6, 6.07) is 13.4. The highest BCUT2D eigenvalue weighted by Crippen LogP contribution is 2.40. The van der Waals surface area contributed by atoms with Crippen molar-refractivity contribution in [1.82, 2.24) is 4.57 Å². The van der Waals surface area contributed by atoms with Crippen molar-refractivity contribution in [2.75, 3.05) is 20.8 Å². The normalized spacial score (nSPS) is 12.1. The standard InChI is InChI=1S/C19H20N2O4/c1-20-11-15(13-7-4-5-9-17(13)20)16(12-21(22)23)14-8-6-10-18(24-2)19(14)25-3/h4-11,16H,12H2,1-3H3. The Morgan fingerprint density at radius 3 is 2.52 bits per heavy atom. The minimum Gasteiger partial charge on any atom is -0.493 e. The smallest absolute Gasteiger partial charge is 0.214 e. The van der Waals surface area contributed by atoms with E-state index in [0.717, 1.165) is 22.0 Å². The second-order valence-corrected chi connectivity index (χ2v) is 5.86. The monoisotopic (exact) mass is 340 g/mol. The molecule has 1 atom stereocenters. The number of hydrogen-bond acceptors (Lipinski definition) is 4. The van der Waals surface area contributed by atoms with E-state index in [1.54, 1.807) is 20.3 Å². The molecule has 0 aliphatic carbocycles. The van der Waals surface area contributed by atoms with E-state index >= 15 is 0 Å². The summed E-state index contributed by atoms with van der Waals surface area (Å²) in [6.07, 6.45) is 1.96. The molecule has 130 valence electrons. The summed E-state index contributed by atoms with van der Waals surface area (Å²) in [5, 5.41) is 12.4. The number of aryl methyl sites for hydroxylation is 1. The fourth-order valence-corrected chi connectivity index (χ4v) is 3.35. The summed E-state index contributed by atoms with van der Waals surface area (Å²) in [4.78, 5) is 11.1. The molecule has 3 aromatic rings. The lowest BCUT2D eigenvalue weighted by atomic mass is 9.90. The number of methoxy groups -OCH3 is 2. The largest absolute Gasteiger partial charge is 0.493 e. The van der Waals surface area contributed by atoms with Gasteiger partial charge in [-0.2, -0.15) is 0 Å². The second kappa shape index (κ2) is 6.84. The number of aromatic nitrogens is 1. The predicted molar refractivity (Wildman–Crippen MR) is 96.2 cm³/mol. The highest BCUT2D eigenvalue weighted by molar-refractivity contribution is 5.85. The molecule has 25 heavy (non-hydrogen) atoms. The van der Waals surface area contributed by atoms with Crippen molar-refractivity contribution in [2.45, 2.75) is 5.92 Å². The van der Waals surface area contributed by atoms with Gasteiger partial charge in [0.1, 0.15) is 0 Å². The molecule has 0 aliphatic heterocycles. The van der Waals surface area contributed by atoms with Crippen molar-refractivity contribution < 1.29 is 14.4 Å². The van der Waals surface area contributed by atoms with Gasteiger partial charge in [0.25, 0.3) is 0 Å². The molecule has 0 amide bonds.